The van der Waals surface area contributed by atoms with Gasteiger partial charge in [-0.15, -0.1) is 12.4 Å². The maximum atomic E-state index is 5.81. The van der Waals surface area contributed by atoms with E-state index in [9.17, 15) is 0 Å². The van der Waals surface area contributed by atoms with Crippen LogP contribution >= 0.6 is 28.3 Å². The molecule has 0 aromatic heterocycles. The summed E-state index contributed by atoms with van der Waals surface area (Å²) < 4.78 is 1.16. The summed E-state index contributed by atoms with van der Waals surface area (Å²) in [5.41, 5.74) is 7.51. The molecule has 1 unspecified atom stereocenters. The normalized spacial score (nSPS) is 24.6. The molecule has 1 atom stereocenters. The number of hydrogen-bond donors (Lipinski definition) is 1. The molecular formula is C13H20BrClN2. The molecule has 1 fully saturated rings. The van der Waals surface area contributed by atoms with Crippen molar-refractivity contribution in [3.05, 3.63) is 34.3 Å². The molecule has 1 aliphatic rings. The van der Waals surface area contributed by atoms with Crippen LogP contribution in [0.15, 0.2) is 28.7 Å². The Bertz CT molecular complexity index is 372. The van der Waals surface area contributed by atoms with Gasteiger partial charge in [0.2, 0.25) is 0 Å². The second kappa shape index (κ2) is 6.19. The van der Waals surface area contributed by atoms with Crippen molar-refractivity contribution in [3.8, 4) is 0 Å². The molecule has 1 aromatic carbocycles. The van der Waals surface area contributed by atoms with Crippen molar-refractivity contribution in [1.82, 2.24) is 4.90 Å². The van der Waals surface area contributed by atoms with E-state index >= 15 is 0 Å². The van der Waals surface area contributed by atoms with E-state index in [2.05, 4.69) is 52.0 Å². The van der Waals surface area contributed by atoms with Crippen LogP contribution in [0.2, 0.25) is 0 Å². The van der Waals surface area contributed by atoms with Crippen molar-refractivity contribution >= 4 is 28.3 Å². The molecule has 2 rings (SSSR count). The molecule has 0 saturated carbocycles. The minimum absolute atomic E-state index is 0. The highest BCUT2D eigenvalue weighted by Crippen LogP contribution is 2.29. The molecule has 1 saturated heterocycles. The average Bonchev–Trinajstić information content (AvgIpc) is 2.61. The van der Waals surface area contributed by atoms with Gasteiger partial charge < -0.3 is 5.73 Å². The molecule has 1 aliphatic heterocycles. The monoisotopic (exact) mass is 318 g/mol. The lowest BCUT2D eigenvalue weighted by Gasteiger charge is -2.22. The van der Waals surface area contributed by atoms with Gasteiger partial charge in [-0.2, -0.15) is 0 Å². The maximum Gasteiger partial charge on any atom is 0.0234 e. The molecule has 4 heteroatoms. The molecular weight excluding hydrogens is 300 g/mol. The molecule has 0 amide bonds. The van der Waals surface area contributed by atoms with Crippen molar-refractivity contribution in [1.29, 1.82) is 0 Å². The third kappa shape index (κ3) is 3.95. The van der Waals surface area contributed by atoms with Crippen LogP contribution in [0.5, 0.6) is 0 Å². The van der Waals surface area contributed by atoms with E-state index in [1.807, 2.05) is 0 Å². The van der Waals surface area contributed by atoms with E-state index in [1.165, 1.54) is 18.5 Å². The highest BCUT2D eigenvalue weighted by molar-refractivity contribution is 9.10. The molecule has 96 valence electrons. The lowest BCUT2D eigenvalue weighted by molar-refractivity contribution is 0.274. The lowest BCUT2D eigenvalue weighted by atomic mass is 9.90. The number of hydrogen-bond acceptors (Lipinski definition) is 2. The fourth-order valence-corrected chi connectivity index (χ4v) is 2.77. The Kier molecular flexibility index (Phi) is 5.45. The maximum absolute atomic E-state index is 5.81. The predicted molar refractivity (Wildman–Crippen MR) is 78.4 cm³/mol. The summed E-state index contributed by atoms with van der Waals surface area (Å²) in [4.78, 5) is 2.49. The molecule has 2 N–H and O–H groups in total. The van der Waals surface area contributed by atoms with Gasteiger partial charge in [0.15, 0.2) is 0 Å². The summed E-state index contributed by atoms with van der Waals surface area (Å²) in [7, 11) is 0. The Labute approximate surface area is 118 Å². The first-order valence-corrected chi connectivity index (χ1v) is 6.57. The summed E-state index contributed by atoms with van der Waals surface area (Å²) in [5, 5.41) is 0. The van der Waals surface area contributed by atoms with Crippen molar-refractivity contribution in [2.45, 2.75) is 19.9 Å². The van der Waals surface area contributed by atoms with Gasteiger partial charge in [-0.25, -0.2) is 0 Å². The molecule has 0 bridgehead atoms. The molecule has 0 radical (unpaired) electrons. The van der Waals surface area contributed by atoms with Gasteiger partial charge >= 0.3 is 0 Å². The van der Waals surface area contributed by atoms with E-state index in [0.29, 0.717) is 5.41 Å². The van der Waals surface area contributed by atoms with Crippen LogP contribution < -0.4 is 5.73 Å². The summed E-state index contributed by atoms with van der Waals surface area (Å²) in [6.07, 6.45) is 1.22. The summed E-state index contributed by atoms with van der Waals surface area (Å²) >= 11 is 3.51. The van der Waals surface area contributed by atoms with Crippen molar-refractivity contribution in [2.24, 2.45) is 11.1 Å². The molecule has 2 nitrogen and oxygen atoms in total. The van der Waals surface area contributed by atoms with Crippen LogP contribution in [-0.2, 0) is 6.54 Å². The highest BCUT2D eigenvalue weighted by atomic mass is 79.9. The smallest absolute Gasteiger partial charge is 0.0234 e. The summed E-state index contributed by atoms with van der Waals surface area (Å²) in [6, 6.07) is 8.54. The molecule has 0 spiro atoms. The fourth-order valence-electron chi connectivity index (χ4n) is 2.32. The van der Waals surface area contributed by atoms with Crippen LogP contribution in [-0.4, -0.2) is 24.5 Å². The van der Waals surface area contributed by atoms with Crippen LogP contribution in [0.4, 0.5) is 0 Å². The molecule has 1 aromatic rings. The van der Waals surface area contributed by atoms with Crippen LogP contribution in [0, 0.1) is 5.41 Å². The largest absolute Gasteiger partial charge is 0.330 e. The minimum atomic E-state index is 0. The Balaban J connectivity index is 0.00000144. The van der Waals surface area contributed by atoms with E-state index in [1.54, 1.807) is 0 Å². The quantitative estimate of drug-likeness (QED) is 0.928. The van der Waals surface area contributed by atoms with Crippen LogP contribution in [0.25, 0.3) is 0 Å². The standard InChI is InChI=1S/C13H19BrN2.ClH/c1-13(9-15)5-6-16(10-13)8-11-3-2-4-12(14)7-11;/h2-4,7H,5-6,8-10,15H2,1H3;1H. The zero-order valence-electron chi connectivity index (χ0n) is 10.2. The lowest BCUT2D eigenvalue weighted by Crippen LogP contribution is -2.31. The Morgan fingerprint density at radius 2 is 2.24 bits per heavy atom. The zero-order chi connectivity index (χ0) is 11.6. The summed E-state index contributed by atoms with van der Waals surface area (Å²) in [6.45, 7) is 6.40. The van der Waals surface area contributed by atoms with E-state index in [-0.39, 0.29) is 12.4 Å². The fraction of sp³-hybridized carbons (Fsp3) is 0.538. The zero-order valence-corrected chi connectivity index (χ0v) is 12.6. The number of likely N-dealkylation sites (tertiary alicyclic amines) is 1. The second-order valence-electron chi connectivity index (χ2n) is 5.11. The Morgan fingerprint density at radius 1 is 1.47 bits per heavy atom. The first-order valence-electron chi connectivity index (χ1n) is 5.78. The van der Waals surface area contributed by atoms with Gasteiger partial charge in [0.05, 0.1) is 0 Å². The molecule has 17 heavy (non-hydrogen) atoms. The van der Waals surface area contributed by atoms with E-state index in [0.717, 1.165) is 24.1 Å². The average molecular weight is 320 g/mol. The van der Waals surface area contributed by atoms with Gasteiger partial charge in [0.1, 0.15) is 0 Å². The second-order valence-corrected chi connectivity index (χ2v) is 6.02. The van der Waals surface area contributed by atoms with Gasteiger partial charge in [-0.05, 0) is 42.6 Å². The third-order valence-electron chi connectivity index (χ3n) is 3.42. The number of rotatable bonds is 3. The highest BCUT2D eigenvalue weighted by Gasteiger charge is 2.32. The Hall–Kier alpha value is -0.0900. The van der Waals surface area contributed by atoms with E-state index < -0.39 is 0 Å². The van der Waals surface area contributed by atoms with Gasteiger partial charge in [-0.1, -0.05) is 35.0 Å². The first kappa shape index (κ1) is 15.0. The summed E-state index contributed by atoms with van der Waals surface area (Å²) in [5.74, 6) is 0. The van der Waals surface area contributed by atoms with Gasteiger partial charge in [-0.3, -0.25) is 4.90 Å². The number of benzene rings is 1. The van der Waals surface area contributed by atoms with Crippen molar-refractivity contribution in [3.63, 3.8) is 0 Å². The van der Waals surface area contributed by atoms with Crippen molar-refractivity contribution < 1.29 is 0 Å². The number of nitrogens with zero attached hydrogens (tertiary/aromatic N) is 1. The molecule has 1 heterocycles. The number of halogens is 2. The van der Waals surface area contributed by atoms with Gasteiger partial charge in [0, 0.05) is 17.6 Å². The first-order chi connectivity index (χ1) is 7.61. The molecule has 0 aliphatic carbocycles. The minimum Gasteiger partial charge on any atom is -0.330 e. The van der Waals surface area contributed by atoms with Gasteiger partial charge in [0.25, 0.3) is 0 Å². The number of nitrogens with two attached hydrogens (primary N) is 1. The predicted octanol–water partition coefficient (Wildman–Crippen LogP) is 3.04. The van der Waals surface area contributed by atoms with Crippen molar-refractivity contribution in [2.75, 3.05) is 19.6 Å². The van der Waals surface area contributed by atoms with Crippen LogP contribution in [0.3, 0.4) is 0 Å². The third-order valence-corrected chi connectivity index (χ3v) is 3.92. The Morgan fingerprint density at radius 3 is 2.82 bits per heavy atom. The SMILES string of the molecule is CC1(CN)CCN(Cc2cccc(Br)c2)C1.Cl. The topological polar surface area (TPSA) is 29.3 Å². The van der Waals surface area contributed by atoms with E-state index in [4.69, 9.17) is 5.73 Å². The van der Waals surface area contributed by atoms with Crippen LogP contribution in [0.1, 0.15) is 18.9 Å².